The van der Waals surface area contributed by atoms with Gasteiger partial charge < -0.3 is 9.84 Å². The first-order chi connectivity index (χ1) is 12.0. The molecule has 4 atom stereocenters. The van der Waals surface area contributed by atoms with E-state index in [2.05, 4.69) is 36.7 Å². The molecule has 0 aromatic heterocycles. The predicted octanol–water partition coefficient (Wildman–Crippen LogP) is 4.41. The summed E-state index contributed by atoms with van der Waals surface area (Å²) in [5, 5.41) is 11.7. The molecule has 1 aliphatic heterocycles. The largest absolute Gasteiger partial charge is 0.457 e. The topological polar surface area (TPSA) is 63.6 Å². The first-order valence-corrected chi connectivity index (χ1v) is 10.4. The molecule has 26 heavy (non-hydrogen) atoms. The zero-order chi connectivity index (χ0) is 19.1. The van der Waals surface area contributed by atoms with E-state index in [0.29, 0.717) is 11.7 Å². The molecule has 3 aliphatic carbocycles. The number of hydrogen-bond donors (Lipinski definition) is 1. The van der Waals surface area contributed by atoms with Gasteiger partial charge in [-0.25, -0.2) is 0 Å². The number of fused-ring (bicyclic) bond motifs is 4. The van der Waals surface area contributed by atoms with Gasteiger partial charge in [-0.2, -0.15) is 0 Å². The molecule has 2 saturated carbocycles. The Morgan fingerprint density at radius 3 is 2.54 bits per heavy atom. The first kappa shape index (κ1) is 18.4. The number of Topliss-reactive ketones (excluding diaryl/α,β-unsaturated/α-hetero) is 2. The third kappa shape index (κ3) is 2.22. The lowest BCUT2D eigenvalue weighted by atomic mass is 9.52. The molecule has 0 aromatic rings. The lowest BCUT2D eigenvalue weighted by Gasteiger charge is -2.52. The second-order valence-electron chi connectivity index (χ2n) is 9.51. The smallest absolute Gasteiger partial charge is 0.239 e. The lowest BCUT2D eigenvalue weighted by molar-refractivity contribution is -0.176. The maximum absolute atomic E-state index is 12.3. The van der Waals surface area contributed by atoms with Crippen molar-refractivity contribution in [1.29, 1.82) is 0 Å². The van der Waals surface area contributed by atoms with E-state index in [1.807, 2.05) is 6.92 Å². The van der Waals surface area contributed by atoms with Crippen LogP contribution in [-0.4, -0.2) is 22.5 Å². The number of aliphatic hydroxyl groups is 1. The van der Waals surface area contributed by atoms with Gasteiger partial charge in [-0.15, -0.1) is 0 Å². The number of ketones is 2. The van der Waals surface area contributed by atoms with Crippen molar-refractivity contribution >= 4 is 27.5 Å². The zero-order valence-electron chi connectivity index (χ0n) is 15.9. The summed E-state index contributed by atoms with van der Waals surface area (Å²) in [6, 6.07) is 0. The summed E-state index contributed by atoms with van der Waals surface area (Å²) >= 11 is 3.27. The average molecular weight is 423 g/mol. The molecule has 0 aromatic carbocycles. The van der Waals surface area contributed by atoms with Gasteiger partial charge in [0.2, 0.25) is 17.4 Å². The Bertz CT molecular complexity index is 777. The van der Waals surface area contributed by atoms with E-state index in [0.717, 1.165) is 36.8 Å². The summed E-state index contributed by atoms with van der Waals surface area (Å²) in [6.45, 7) is 8.91. The summed E-state index contributed by atoms with van der Waals surface area (Å²) in [4.78, 5) is 24.5. The summed E-state index contributed by atoms with van der Waals surface area (Å²) in [7, 11) is 0. The summed E-state index contributed by atoms with van der Waals surface area (Å²) in [6.07, 6.45) is 5.19. The highest BCUT2D eigenvalue weighted by Gasteiger charge is 2.62. The van der Waals surface area contributed by atoms with Crippen LogP contribution >= 0.6 is 15.9 Å². The molecule has 0 amide bonds. The fourth-order valence-electron chi connectivity index (χ4n) is 6.25. The van der Waals surface area contributed by atoms with Crippen LogP contribution in [0, 0.1) is 22.7 Å². The van der Waals surface area contributed by atoms with E-state index in [9.17, 15) is 14.7 Å². The Hall–Kier alpha value is -0.940. The summed E-state index contributed by atoms with van der Waals surface area (Å²) < 4.78 is 6.27. The Morgan fingerprint density at radius 2 is 1.85 bits per heavy atom. The van der Waals surface area contributed by atoms with Crippen molar-refractivity contribution in [2.45, 2.75) is 72.0 Å². The number of carbonyl (C=O) groups is 2. The van der Waals surface area contributed by atoms with Gasteiger partial charge in [0, 0.05) is 23.5 Å². The van der Waals surface area contributed by atoms with Gasteiger partial charge >= 0.3 is 0 Å². The molecule has 1 N–H and O–H groups in total. The van der Waals surface area contributed by atoms with Crippen molar-refractivity contribution in [3.05, 3.63) is 21.4 Å². The normalized spacial score (nSPS) is 42.1. The van der Waals surface area contributed by atoms with E-state index in [4.69, 9.17) is 4.74 Å². The van der Waals surface area contributed by atoms with Crippen LogP contribution in [0.25, 0.3) is 0 Å². The summed E-state index contributed by atoms with van der Waals surface area (Å²) in [5.41, 5.74) is 1.57. The molecule has 142 valence electrons. The zero-order valence-corrected chi connectivity index (χ0v) is 17.5. The lowest BCUT2D eigenvalue weighted by Crippen LogP contribution is -2.48. The van der Waals surface area contributed by atoms with Crippen molar-refractivity contribution in [1.82, 2.24) is 0 Å². The second-order valence-corrected chi connectivity index (χ2v) is 10.3. The SMILES string of the molecule is C[C@@H]1CC[C@H]2C(C)(C)CCC[C@]2(C)C2=C3CC(=O)C(=O)C(Br)=C3OC21O. The molecule has 0 spiro atoms. The molecular weight excluding hydrogens is 396 g/mol. The first-order valence-electron chi connectivity index (χ1n) is 9.65. The monoisotopic (exact) mass is 422 g/mol. The Labute approximate surface area is 163 Å². The highest BCUT2D eigenvalue weighted by molar-refractivity contribution is 9.12. The van der Waals surface area contributed by atoms with Gasteiger partial charge in [0.1, 0.15) is 10.2 Å². The maximum Gasteiger partial charge on any atom is 0.239 e. The van der Waals surface area contributed by atoms with Crippen LogP contribution in [0.4, 0.5) is 0 Å². The van der Waals surface area contributed by atoms with Gasteiger partial charge in [0.15, 0.2) is 0 Å². The summed E-state index contributed by atoms with van der Waals surface area (Å²) in [5.74, 6) is -1.69. The Morgan fingerprint density at radius 1 is 1.15 bits per heavy atom. The molecule has 1 heterocycles. The van der Waals surface area contributed by atoms with Gasteiger partial charge in [0.05, 0.1) is 0 Å². The van der Waals surface area contributed by atoms with E-state index >= 15 is 0 Å². The molecule has 1 unspecified atom stereocenters. The number of rotatable bonds is 0. The number of allylic oxidation sites excluding steroid dienone is 2. The molecule has 4 aliphatic rings. The third-order valence-corrected chi connectivity index (χ3v) is 8.26. The van der Waals surface area contributed by atoms with Crippen LogP contribution in [-0.2, 0) is 14.3 Å². The number of halogens is 1. The van der Waals surface area contributed by atoms with Gasteiger partial charge in [-0.1, -0.05) is 34.1 Å². The highest BCUT2D eigenvalue weighted by Crippen LogP contribution is 2.65. The minimum Gasteiger partial charge on any atom is -0.457 e. The standard InChI is InChI=1S/C21H27BrO4/c1-11-6-7-14-19(2,3)8-5-9-20(14,4)18-12-10-13(23)16(24)15(22)17(12)26-21(11,18)25/h11,14,25H,5-10H2,1-4H3/t11-,14+,20+,21?/m1/s1. The minimum atomic E-state index is -1.43. The Balaban J connectivity index is 2.00. The van der Waals surface area contributed by atoms with Gasteiger partial charge in [-0.05, 0) is 58.4 Å². The van der Waals surface area contributed by atoms with Crippen molar-refractivity contribution in [3.63, 3.8) is 0 Å². The molecule has 0 saturated heterocycles. The fourth-order valence-corrected chi connectivity index (χ4v) is 6.80. The molecule has 4 nitrogen and oxygen atoms in total. The number of hydrogen-bond acceptors (Lipinski definition) is 4. The van der Waals surface area contributed by atoms with Crippen LogP contribution in [0.5, 0.6) is 0 Å². The molecule has 0 radical (unpaired) electrons. The van der Waals surface area contributed by atoms with Crippen LogP contribution < -0.4 is 0 Å². The third-order valence-electron chi connectivity index (χ3n) is 7.54. The van der Waals surface area contributed by atoms with Crippen LogP contribution in [0.3, 0.4) is 0 Å². The van der Waals surface area contributed by atoms with Crippen molar-refractivity contribution in [2.75, 3.05) is 0 Å². The molecule has 5 heteroatoms. The van der Waals surface area contributed by atoms with Crippen molar-refractivity contribution in [3.8, 4) is 0 Å². The molecule has 0 bridgehead atoms. The number of ether oxygens (including phenoxy) is 1. The molecular formula is C21H27BrO4. The van der Waals surface area contributed by atoms with E-state index < -0.39 is 17.4 Å². The van der Waals surface area contributed by atoms with Crippen LogP contribution in [0.1, 0.15) is 66.2 Å². The van der Waals surface area contributed by atoms with Gasteiger partial charge in [0.25, 0.3) is 0 Å². The van der Waals surface area contributed by atoms with Gasteiger partial charge in [-0.3, -0.25) is 9.59 Å². The molecule has 2 fully saturated rings. The molecule has 4 rings (SSSR count). The maximum atomic E-state index is 12.3. The van der Waals surface area contributed by atoms with Crippen molar-refractivity contribution in [2.24, 2.45) is 22.7 Å². The minimum absolute atomic E-state index is 0.0381. The second kappa shape index (κ2) is 5.54. The average Bonchev–Trinajstić information content (AvgIpc) is 2.81. The quantitative estimate of drug-likeness (QED) is 0.587. The fraction of sp³-hybridized carbons (Fsp3) is 0.714. The predicted molar refractivity (Wildman–Crippen MR) is 101 cm³/mol. The highest BCUT2D eigenvalue weighted by atomic mass is 79.9. The number of carbonyl (C=O) groups excluding carboxylic acids is 2. The van der Waals surface area contributed by atoms with E-state index in [1.165, 1.54) is 6.42 Å². The van der Waals surface area contributed by atoms with Crippen molar-refractivity contribution < 1.29 is 19.4 Å². The van der Waals surface area contributed by atoms with E-state index in [1.54, 1.807) is 0 Å². The van der Waals surface area contributed by atoms with Crippen LogP contribution in [0.15, 0.2) is 21.4 Å². The van der Waals surface area contributed by atoms with E-state index in [-0.39, 0.29) is 27.7 Å². The Kier molecular flexibility index (Phi) is 3.93. The van der Waals surface area contributed by atoms with Crippen LogP contribution in [0.2, 0.25) is 0 Å².